The molecule has 1 amide bonds. The van der Waals surface area contributed by atoms with Crippen molar-refractivity contribution >= 4 is 47.3 Å². The van der Waals surface area contributed by atoms with E-state index in [1.54, 1.807) is 17.1 Å². The van der Waals surface area contributed by atoms with Gasteiger partial charge in [-0.05, 0) is 38.1 Å². The zero-order valence-corrected chi connectivity index (χ0v) is 15.6. The smallest absolute Gasteiger partial charge is 0.277 e. The minimum atomic E-state index is -0.271. The third-order valence-electron chi connectivity index (χ3n) is 4.27. The molecule has 7 nitrogen and oxygen atoms in total. The first-order valence-corrected chi connectivity index (χ1v) is 8.08. The molecule has 1 fully saturated rings. The molecule has 1 aromatic carbocycles. The van der Waals surface area contributed by atoms with Gasteiger partial charge in [-0.25, -0.2) is 4.68 Å². The quantitative estimate of drug-likeness (QED) is 0.713. The van der Waals surface area contributed by atoms with Gasteiger partial charge in [0.25, 0.3) is 5.91 Å². The first-order chi connectivity index (χ1) is 11.8. The van der Waals surface area contributed by atoms with Crippen LogP contribution in [0.3, 0.4) is 0 Å². The van der Waals surface area contributed by atoms with E-state index in [0.29, 0.717) is 17.4 Å². The topological polar surface area (TPSA) is 84.7 Å². The van der Waals surface area contributed by atoms with Crippen molar-refractivity contribution in [2.24, 2.45) is 0 Å². The predicted octanol–water partition coefficient (Wildman–Crippen LogP) is 2.85. The number of carbonyl (C=O) groups excluding carboxylic acids is 1. The number of aromatic nitrogens is 4. The number of hydrogen-bond acceptors (Lipinski definition) is 5. The minimum absolute atomic E-state index is 0. The zero-order valence-electron chi connectivity index (χ0n) is 14.0. The normalized spacial score (nSPS) is 14.3. The monoisotopic (exact) mass is 394 g/mol. The van der Waals surface area contributed by atoms with Gasteiger partial charge in [0.1, 0.15) is 0 Å². The van der Waals surface area contributed by atoms with Gasteiger partial charge in [0.05, 0.1) is 29.6 Å². The molecule has 0 saturated carbocycles. The first kappa shape index (κ1) is 20.1. The third-order valence-corrected chi connectivity index (χ3v) is 4.27. The first-order valence-electron chi connectivity index (χ1n) is 8.08. The summed E-state index contributed by atoms with van der Waals surface area (Å²) >= 11 is 0. The summed E-state index contributed by atoms with van der Waals surface area (Å²) in [5, 5.41) is 15.3. The Balaban J connectivity index is 0.00000121. The van der Waals surface area contributed by atoms with Crippen molar-refractivity contribution in [3.8, 4) is 0 Å². The lowest BCUT2D eigenvalue weighted by atomic mass is 10.1. The summed E-state index contributed by atoms with van der Waals surface area (Å²) in [4.78, 5) is 16.7. The van der Waals surface area contributed by atoms with Gasteiger partial charge in [-0.2, -0.15) is 0 Å². The fraction of sp³-hybridized carbons (Fsp3) is 0.294. The van der Waals surface area contributed by atoms with Crippen molar-refractivity contribution in [1.82, 2.24) is 25.3 Å². The Morgan fingerprint density at radius 1 is 1.19 bits per heavy atom. The van der Waals surface area contributed by atoms with Crippen LogP contribution in [0.5, 0.6) is 0 Å². The van der Waals surface area contributed by atoms with Gasteiger partial charge in [-0.15, -0.1) is 29.9 Å². The second-order valence-corrected chi connectivity index (χ2v) is 5.94. The molecular weight excluding hydrogens is 375 g/mol. The molecule has 1 saturated heterocycles. The number of benzene rings is 1. The van der Waals surface area contributed by atoms with Gasteiger partial charge in [-0.1, -0.05) is 23.4 Å². The molecule has 4 rings (SSSR count). The molecule has 2 N–H and O–H groups in total. The van der Waals surface area contributed by atoms with Crippen LogP contribution in [0.15, 0.2) is 42.7 Å². The predicted molar refractivity (Wildman–Crippen MR) is 105 cm³/mol. The summed E-state index contributed by atoms with van der Waals surface area (Å²) in [6, 6.07) is 9.99. The number of piperidine rings is 1. The van der Waals surface area contributed by atoms with Crippen LogP contribution in [0.2, 0.25) is 0 Å². The number of halogens is 2. The van der Waals surface area contributed by atoms with E-state index in [2.05, 4.69) is 25.9 Å². The number of hydrogen-bond donors (Lipinski definition) is 2. The standard InChI is InChI=1S/C17H18N6O.2ClH/c24-17(16-11-23(22-21-16)14-5-7-18-8-6-14)20-13-9-12-3-1-2-4-15(12)19-10-13;;/h1-4,9-11,14,18H,5-8H2,(H,20,24);2*1H. The summed E-state index contributed by atoms with van der Waals surface area (Å²) in [5.74, 6) is -0.271. The molecule has 0 atom stereocenters. The highest BCUT2D eigenvalue weighted by molar-refractivity contribution is 6.03. The summed E-state index contributed by atoms with van der Waals surface area (Å²) in [5.41, 5.74) is 1.86. The number of nitrogens with zero attached hydrogens (tertiary/aromatic N) is 4. The van der Waals surface area contributed by atoms with Gasteiger partial charge in [0, 0.05) is 5.39 Å². The molecule has 0 unspecified atom stereocenters. The Hall–Kier alpha value is -2.22. The molecule has 3 heterocycles. The Bertz CT molecular complexity index is 878. The van der Waals surface area contributed by atoms with Crippen molar-refractivity contribution < 1.29 is 4.79 Å². The van der Waals surface area contributed by atoms with E-state index in [1.165, 1.54) is 0 Å². The van der Waals surface area contributed by atoms with E-state index in [0.717, 1.165) is 36.8 Å². The zero-order chi connectivity index (χ0) is 16.4. The molecule has 2 aromatic heterocycles. The Morgan fingerprint density at radius 2 is 1.96 bits per heavy atom. The summed E-state index contributed by atoms with van der Waals surface area (Å²) in [6.45, 7) is 1.93. The number of amides is 1. The average Bonchev–Trinajstić information content (AvgIpc) is 3.13. The van der Waals surface area contributed by atoms with Crippen molar-refractivity contribution in [3.05, 3.63) is 48.4 Å². The van der Waals surface area contributed by atoms with Crippen LogP contribution in [0.1, 0.15) is 29.4 Å². The molecule has 9 heteroatoms. The molecule has 1 aliphatic rings. The highest BCUT2D eigenvalue weighted by atomic mass is 35.5. The van der Waals surface area contributed by atoms with Crippen LogP contribution in [0.25, 0.3) is 10.9 Å². The maximum Gasteiger partial charge on any atom is 0.277 e. The second kappa shape index (κ2) is 8.93. The fourth-order valence-electron chi connectivity index (χ4n) is 2.96. The van der Waals surface area contributed by atoms with Gasteiger partial charge in [0.2, 0.25) is 0 Å². The van der Waals surface area contributed by atoms with E-state index in [1.807, 2.05) is 30.3 Å². The Labute approximate surface area is 163 Å². The second-order valence-electron chi connectivity index (χ2n) is 5.94. The van der Waals surface area contributed by atoms with Crippen LogP contribution in [0.4, 0.5) is 5.69 Å². The summed E-state index contributed by atoms with van der Waals surface area (Å²) in [7, 11) is 0. The van der Waals surface area contributed by atoms with Crippen LogP contribution in [-0.4, -0.2) is 39.0 Å². The van der Waals surface area contributed by atoms with E-state index in [-0.39, 0.29) is 30.7 Å². The Morgan fingerprint density at radius 3 is 2.77 bits per heavy atom. The van der Waals surface area contributed by atoms with Gasteiger partial charge in [-0.3, -0.25) is 9.78 Å². The van der Waals surface area contributed by atoms with Crippen molar-refractivity contribution in [3.63, 3.8) is 0 Å². The number of fused-ring (bicyclic) bond motifs is 1. The van der Waals surface area contributed by atoms with Crippen LogP contribution >= 0.6 is 24.8 Å². The molecule has 0 aliphatic carbocycles. The van der Waals surface area contributed by atoms with Crippen molar-refractivity contribution in [1.29, 1.82) is 0 Å². The fourth-order valence-corrected chi connectivity index (χ4v) is 2.96. The summed E-state index contributed by atoms with van der Waals surface area (Å²) < 4.78 is 1.80. The van der Waals surface area contributed by atoms with Crippen molar-refractivity contribution in [2.45, 2.75) is 18.9 Å². The maximum absolute atomic E-state index is 12.4. The van der Waals surface area contributed by atoms with Crippen LogP contribution in [0, 0.1) is 0 Å². The van der Waals surface area contributed by atoms with Gasteiger partial charge < -0.3 is 10.6 Å². The van der Waals surface area contributed by atoms with E-state index in [4.69, 9.17) is 0 Å². The van der Waals surface area contributed by atoms with E-state index in [9.17, 15) is 4.79 Å². The summed E-state index contributed by atoms with van der Waals surface area (Å²) in [6.07, 6.45) is 5.37. The number of para-hydroxylation sites is 1. The minimum Gasteiger partial charge on any atom is -0.319 e. The molecule has 3 aromatic rings. The maximum atomic E-state index is 12.4. The molecule has 0 spiro atoms. The Kier molecular flexibility index (Phi) is 6.90. The lowest BCUT2D eigenvalue weighted by Crippen LogP contribution is -2.29. The van der Waals surface area contributed by atoms with Gasteiger partial charge >= 0.3 is 0 Å². The highest BCUT2D eigenvalue weighted by Gasteiger charge is 2.18. The van der Waals surface area contributed by atoms with E-state index < -0.39 is 0 Å². The lowest BCUT2D eigenvalue weighted by Gasteiger charge is -2.22. The number of nitrogens with one attached hydrogen (secondary N) is 2. The van der Waals surface area contributed by atoms with E-state index >= 15 is 0 Å². The third kappa shape index (κ3) is 4.30. The number of pyridine rings is 1. The SMILES string of the molecule is Cl.Cl.O=C(Nc1cnc2ccccc2c1)c1cn(C2CCNCC2)nn1. The number of rotatable bonds is 3. The highest BCUT2D eigenvalue weighted by Crippen LogP contribution is 2.18. The van der Waals surface area contributed by atoms with Crippen LogP contribution < -0.4 is 10.6 Å². The number of carbonyl (C=O) groups is 1. The molecule has 0 radical (unpaired) electrons. The van der Waals surface area contributed by atoms with Crippen molar-refractivity contribution in [2.75, 3.05) is 18.4 Å². The molecule has 0 bridgehead atoms. The largest absolute Gasteiger partial charge is 0.319 e. The molecular formula is C17H20Cl2N6O. The lowest BCUT2D eigenvalue weighted by molar-refractivity contribution is 0.102. The number of anilines is 1. The molecule has 138 valence electrons. The average molecular weight is 395 g/mol. The van der Waals surface area contributed by atoms with Crippen LogP contribution in [-0.2, 0) is 0 Å². The molecule has 1 aliphatic heterocycles. The van der Waals surface area contributed by atoms with Gasteiger partial charge in [0.15, 0.2) is 5.69 Å². The molecule has 26 heavy (non-hydrogen) atoms.